The van der Waals surface area contributed by atoms with E-state index in [4.69, 9.17) is 9.47 Å². The molecule has 100 valence electrons. The van der Waals surface area contributed by atoms with Crippen molar-refractivity contribution < 1.29 is 14.3 Å². The highest BCUT2D eigenvalue weighted by Crippen LogP contribution is 2.25. The first-order valence-corrected chi connectivity index (χ1v) is 6.53. The van der Waals surface area contributed by atoms with E-state index in [0.717, 1.165) is 15.7 Å². The summed E-state index contributed by atoms with van der Waals surface area (Å²) in [6, 6.07) is 5.74. The van der Waals surface area contributed by atoms with E-state index >= 15 is 0 Å². The maximum absolute atomic E-state index is 11.5. The van der Waals surface area contributed by atoms with E-state index in [9.17, 15) is 4.79 Å². The molecule has 0 aliphatic heterocycles. The van der Waals surface area contributed by atoms with E-state index in [1.165, 1.54) is 0 Å². The smallest absolute Gasteiger partial charge is 0.325 e. The summed E-state index contributed by atoms with van der Waals surface area (Å²) in [5.41, 5.74) is 1.85. The lowest BCUT2D eigenvalue weighted by Crippen LogP contribution is -2.20. The van der Waals surface area contributed by atoms with Crippen LogP contribution >= 0.6 is 15.9 Å². The van der Waals surface area contributed by atoms with Crippen LogP contribution in [0.25, 0.3) is 0 Å². The molecular formula is C13H18BrNO3. The van der Waals surface area contributed by atoms with Gasteiger partial charge in [0.2, 0.25) is 0 Å². The summed E-state index contributed by atoms with van der Waals surface area (Å²) in [6.07, 6.45) is -0.0970. The number of carbonyl (C=O) groups excluding carboxylic acids is 1. The highest BCUT2D eigenvalue weighted by atomic mass is 79.9. The molecule has 0 aromatic heterocycles. The summed E-state index contributed by atoms with van der Waals surface area (Å²) < 4.78 is 11.1. The van der Waals surface area contributed by atoms with Gasteiger partial charge in [-0.05, 0) is 26.0 Å². The van der Waals surface area contributed by atoms with E-state index in [1.807, 2.05) is 32.0 Å². The van der Waals surface area contributed by atoms with Gasteiger partial charge in [0.25, 0.3) is 0 Å². The fourth-order valence-electron chi connectivity index (χ4n) is 1.49. The molecule has 18 heavy (non-hydrogen) atoms. The Hall–Kier alpha value is -1.07. The van der Waals surface area contributed by atoms with Gasteiger partial charge in [0, 0.05) is 22.8 Å². The Labute approximate surface area is 116 Å². The van der Waals surface area contributed by atoms with Crippen LogP contribution in [0.3, 0.4) is 0 Å². The Balaban J connectivity index is 2.66. The molecule has 1 aromatic rings. The zero-order chi connectivity index (χ0) is 13.5. The van der Waals surface area contributed by atoms with Gasteiger partial charge < -0.3 is 14.8 Å². The van der Waals surface area contributed by atoms with Crippen molar-refractivity contribution in [3.63, 3.8) is 0 Å². The topological polar surface area (TPSA) is 47.6 Å². The summed E-state index contributed by atoms with van der Waals surface area (Å²) in [5, 5.41) is 3.06. The van der Waals surface area contributed by atoms with E-state index in [1.54, 1.807) is 7.11 Å². The molecule has 0 saturated carbocycles. The summed E-state index contributed by atoms with van der Waals surface area (Å²) in [7, 11) is 1.64. The summed E-state index contributed by atoms with van der Waals surface area (Å²) >= 11 is 3.46. The van der Waals surface area contributed by atoms with Gasteiger partial charge in [0.05, 0.1) is 12.7 Å². The summed E-state index contributed by atoms with van der Waals surface area (Å²) in [4.78, 5) is 11.5. The van der Waals surface area contributed by atoms with Crippen LogP contribution in [0.4, 0.5) is 5.69 Å². The van der Waals surface area contributed by atoms with Crippen LogP contribution in [0.15, 0.2) is 22.7 Å². The molecule has 1 rings (SSSR count). The predicted octanol–water partition coefficient (Wildman–Crippen LogP) is 2.96. The van der Waals surface area contributed by atoms with E-state index in [-0.39, 0.29) is 18.6 Å². The molecule has 0 fully saturated rings. The number of benzene rings is 1. The third kappa shape index (κ3) is 4.66. The maximum Gasteiger partial charge on any atom is 0.325 e. The number of esters is 1. The van der Waals surface area contributed by atoms with Gasteiger partial charge in [-0.25, -0.2) is 0 Å². The number of nitrogens with one attached hydrogen (secondary N) is 1. The Bertz CT molecular complexity index is 407. The Morgan fingerprint density at radius 3 is 2.78 bits per heavy atom. The highest BCUT2D eigenvalue weighted by molar-refractivity contribution is 9.10. The second-order valence-electron chi connectivity index (χ2n) is 4.09. The van der Waals surface area contributed by atoms with Crippen molar-refractivity contribution in [1.29, 1.82) is 0 Å². The largest absolute Gasteiger partial charge is 0.462 e. The Kier molecular flexibility index (Phi) is 6.15. The lowest BCUT2D eigenvalue weighted by atomic mass is 10.2. The standard InChI is InChI=1S/C13H18BrNO3/c1-9(2)18-13(16)7-15-12-6-4-5-11(14)10(12)8-17-3/h4-6,9,15H,7-8H2,1-3H3. The van der Waals surface area contributed by atoms with Gasteiger partial charge in [0.1, 0.15) is 6.54 Å². The average Bonchev–Trinajstić information content (AvgIpc) is 2.29. The number of hydrogen-bond donors (Lipinski definition) is 1. The van der Waals surface area contributed by atoms with Gasteiger partial charge in [-0.15, -0.1) is 0 Å². The second kappa shape index (κ2) is 7.38. The number of rotatable bonds is 6. The fraction of sp³-hybridized carbons (Fsp3) is 0.462. The number of anilines is 1. The van der Waals surface area contributed by atoms with Crippen molar-refractivity contribution in [3.05, 3.63) is 28.2 Å². The number of methoxy groups -OCH3 is 1. The molecule has 0 atom stereocenters. The second-order valence-corrected chi connectivity index (χ2v) is 4.95. The van der Waals surface area contributed by atoms with Crippen molar-refractivity contribution in [2.45, 2.75) is 26.6 Å². The number of halogens is 1. The van der Waals surface area contributed by atoms with Gasteiger partial charge >= 0.3 is 5.97 Å². The molecule has 0 saturated heterocycles. The summed E-state index contributed by atoms with van der Waals surface area (Å²) in [6.45, 7) is 4.27. The molecular weight excluding hydrogens is 298 g/mol. The fourth-order valence-corrected chi connectivity index (χ4v) is 1.97. The molecule has 1 aromatic carbocycles. The highest BCUT2D eigenvalue weighted by Gasteiger charge is 2.09. The minimum absolute atomic E-state index is 0.0970. The molecule has 5 heteroatoms. The van der Waals surface area contributed by atoms with Crippen LogP contribution in [0.2, 0.25) is 0 Å². The molecule has 0 heterocycles. The van der Waals surface area contributed by atoms with Crippen molar-refractivity contribution >= 4 is 27.6 Å². The average molecular weight is 316 g/mol. The SMILES string of the molecule is COCc1c(Br)cccc1NCC(=O)OC(C)C. The first-order chi connectivity index (χ1) is 8.54. The van der Waals surface area contributed by atoms with Gasteiger partial charge in [-0.1, -0.05) is 22.0 Å². The van der Waals surface area contributed by atoms with E-state index in [0.29, 0.717) is 6.61 Å². The zero-order valence-corrected chi connectivity index (χ0v) is 12.4. The third-order valence-electron chi connectivity index (χ3n) is 2.20. The minimum atomic E-state index is -0.270. The van der Waals surface area contributed by atoms with Gasteiger partial charge in [-0.2, -0.15) is 0 Å². The first kappa shape index (κ1) is 15.0. The minimum Gasteiger partial charge on any atom is -0.462 e. The molecule has 4 nitrogen and oxygen atoms in total. The Morgan fingerprint density at radius 2 is 2.17 bits per heavy atom. The van der Waals surface area contributed by atoms with Crippen LogP contribution in [-0.4, -0.2) is 25.7 Å². The van der Waals surface area contributed by atoms with Crippen molar-refractivity contribution in [1.82, 2.24) is 0 Å². The lowest BCUT2D eigenvalue weighted by molar-refractivity contribution is -0.145. The molecule has 1 N–H and O–H groups in total. The quantitative estimate of drug-likeness (QED) is 0.820. The van der Waals surface area contributed by atoms with Crippen LogP contribution in [0.1, 0.15) is 19.4 Å². The molecule has 0 unspecified atom stereocenters. The zero-order valence-electron chi connectivity index (χ0n) is 10.8. The van der Waals surface area contributed by atoms with Gasteiger partial charge in [-0.3, -0.25) is 4.79 Å². The third-order valence-corrected chi connectivity index (χ3v) is 2.94. The molecule has 0 aliphatic rings. The number of ether oxygens (including phenoxy) is 2. The van der Waals surface area contributed by atoms with Crippen LogP contribution in [0, 0.1) is 0 Å². The molecule has 0 bridgehead atoms. The van der Waals surface area contributed by atoms with Crippen LogP contribution < -0.4 is 5.32 Å². The van der Waals surface area contributed by atoms with Crippen molar-refractivity contribution in [2.75, 3.05) is 19.0 Å². The predicted molar refractivity (Wildman–Crippen MR) is 74.6 cm³/mol. The van der Waals surface area contributed by atoms with E-state index < -0.39 is 0 Å². The molecule has 0 amide bonds. The van der Waals surface area contributed by atoms with Crippen molar-refractivity contribution in [3.8, 4) is 0 Å². The summed E-state index contributed by atoms with van der Waals surface area (Å²) in [5.74, 6) is -0.270. The number of carbonyl (C=O) groups is 1. The molecule has 0 aliphatic carbocycles. The Morgan fingerprint density at radius 1 is 1.44 bits per heavy atom. The van der Waals surface area contributed by atoms with Crippen LogP contribution in [-0.2, 0) is 20.9 Å². The lowest BCUT2D eigenvalue weighted by Gasteiger charge is -2.13. The molecule has 0 spiro atoms. The normalized spacial score (nSPS) is 10.5. The maximum atomic E-state index is 11.5. The van der Waals surface area contributed by atoms with E-state index in [2.05, 4.69) is 21.2 Å². The first-order valence-electron chi connectivity index (χ1n) is 5.74. The monoisotopic (exact) mass is 315 g/mol. The van der Waals surface area contributed by atoms with Gasteiger partial charge in [0.15, 0.2) is 0 Å². The molecule has 0 radical (unpaired) electrons. The van der Waals surface area contributed by atoms with Crippen molar-refractivity contribution in [2.24, 2.45) is 0 Å². The number of hydrogen-bond acceptors (Lipinski definition) is 4. The van der Waals surface area contributed by atoms with Crippen LogP contribution in [0.5, 0.6) is 0 Å².